The molecule has 0 radical (unpaired) electrons. The molecule has 0 spiro atoms. The van der Waals surface area contributed by atoms with E-state index in [0.717, 1.165) is 0 Å². The minimum Gasteiger partial charge on any atom is -0.505 e. The lowest BCUT2D eigenvalue weighted by Gasteiger charge is -2.16. The number of hydrogen-bond acceptors (Lipinski definition) is 4. The Morgan fingerprint density at radius 2 is 2.12 bits per heavy atom. The quantitative estimate of drug-likeness (QED) is 0.388. The van der Waals surface area contributed by atoms with Crippen LogP contribution in [0.2, 0.25) is 0 Å². The second-order valence-corrected chi connectivity index (χ2v) is 5.84. The summed E-state index contributed by atoms with van der Waals surface area (Å²) in [5, 5.41) is 22.6. The Bertz CT molecular complexity index is 468. The normalized spacial score (nSPS) is 11.0. The number of halogens is 1. The summed E-state index contributed by atoms with van der Waals surface area (Å²) in [6.07, 6.45) is 0. The monoisotopic (exact) mass is 302 g/mol. The van der Waals surface area contributed by atoms with Crippen molar-refractivity contribution >= 4 is 33.2 Å². The summed E-state index contributed by atoms with van der Waals surface area (Å²) >= 11 is 3.12. The van der Waals surface area contributed by atoms with Gasteiger partial charge in [0, 0.05) is 6.07 Å². The van der Waals surface area contributed by atoms with Gasteiger partial charge in [-0.25, -0.2) is 0 Å². The third kappa shape index (κ3) is 3.16. The number of nitro groups is 1. The number of nitrogens with one attached hydrogen (secondary N) is 1. The van der Waals surface area contributed by atoms with Gasteiger partial charge in [-0.3, -0.25) is 14.9 Å². The van der Waals surface area contributed by atoms with E-state index in [0.29, 0.717) is 0 Å². The smallest absolute Gasteiger partial charge is 0.296 e. The van der Waals surface area contributed by atoms with E-state index in [-0.39, 0.29) is 17.1 Å². The molecule has 0 aliphatic carbocycles. The maximum absolute atomic E-state index is 11.7. The van der Waals surface area contributed by atoms with Gasteiger partial charge in [0.15, 0.2) is 5.69 Å². The van der Waals surface area contributed by atoms with Crippen LogP contribution in [0.25, 0.3) is 0 Å². The first-order valence-electron chi connectivity index (χ1n) is 4.70. The Kier molecular flexibility index (Phi) is 3.72. The molecule has 1 aromatic rings. The van der Waals surface area contributed by atoms with Crippen LogP contribution in [0.5, 0.6) is 5.75 Å². The van der Waals surface area contributed by atoms with E-state index < -0.39 is 15.2 Å². The van der Waals surface area contributed by atoms with Gasteiger partial charge in [-0.1, -0.05) is 22.0 Å². The van der Waals surface area contributed by atoms with Crippen LogP contribution in [0.15, 0.2) is 18.2 Å². The van der Waals surface area contributed by atoms with Crippen LogP contribution < -0.4 is 5.32 Å². The largest absolute Gasteiger partial charge is 0.505 e. The fourth-order valence-corrected chi connectivity index (χ4v) is 1.17. The third-order valence-corrected chi connectivity index (χ3v) is 2.36. The highest BCUT2D eigenvalue weighted by atomic mass is 79.9. The van der Waals surface area contributed by atoms with Crippen LogP contribution in [0, 0.1) is 10.1 Å². The topological polar surface area (TPSA) is 92.5 Å². The summed E-state index contributed by atoms with van der Waals surface area (Å²) in [6, 6.07) is 3.81. The van der Waals surface area contributed by atoms with Crippen molar-refractivity contribution in [2.75, 3.05) is 5.32 Å². The number of amides is 1. The lowest BCUT2D eigenvalue weighted by molar-refractivity contribution is -0.384. The van der Waals surface area contributed by atoms with Crippen LogP contribution >= 0.6 is 15.9 Å². The maximum Gasteiger partial charge on any atom is 0.296 e. The number of para-hydroxylation sites is 1. The van der Waals surface area contributed by atoms with Crippen molar-refractivity contribution < 1.29 is 14.8 Å². The second-order valence-electron chi connectivity index (χ2n) is 3.85. The molecule has 0 saturated heterocycles. The molecule has 0 bridgehead atoms. The summed E-state index contributed by atoms with van der Waals surface area (Å²) in [5.41, 5.74) is -0.551. The number of rotatable bonds is 3. The van der Waals surface area contributed by atoms with E-state index in [1.54, 1.807) is 13.8 Å². The van der Waals surface area contributed by atoms with Crippen molar-refractivity contribution in [2.24, 2.45) is 0 Å². The second kappa shape index (κ2) is 4.70. The Labute approximate surface area is 106 Å². The third-order valence-electron chi connectivity index (χ3n) is 2.00. The number of alkyl halides is 1. The fraction of sp³-hybridized carbons (Fsp3) is 0.300. The Morgan fingerprint density at radius 1 is 1.53 bits per heavy atom. The van der Waals surface area contributed by atoms with Crippen molar-refractivity contribution in [3.8, 4) is 5.75 Å². The predicted octanol–water partition coefficient (Wildman–Crippen LogP) is 2.41. The molecule has 0 heterocycles. The molecule has 1 rings (SSSR count). The van der Waals surface area contributed by atoms with Gasteiger partial charge in [0.2, 0.25) is 5.91 Å². The number of phenols is 1. The van der Waals surface area contributed by atoms with E-state index in [1.807, 2.05) is 0 Å². The first-order valence-corrected chi connectivity index (χ1v) is 5.49. The molecule has 92 valence electrons. The molecule has 0 unspecified atom stereocenters. The molecule has 2 N–H and O–H groups in total. The average Bonchev–Trinajstić information content (AvgIpc) is 2.18. The van der Waals surface area contributed by atoms with Gasteiger partial charge in [0.05, 0.1) is 9.25 Å². The van der Waals surface area contributed by atoms with Crippen molar-refractivity contribution in [3.63, 3.8) is 0 Å². The highest BCUT2D eigenvalue weighted by Gasteiger charge is 2.27. The SMILES string of the molecule is CC(C)(Br)C(=O)Nc1c(O)cccc1[N+](=O)[O-]. The van der Waals surface area contributed by atoms with Gasteiger partial charge in [-0.2, -0.15) is 0 Å². The van der Waals surface area contributed by atoms with E-state index in [2.05, 4.69) is 21.2 Å². The minimum absolute atomic E-state index is 0.199. The molecular formula is C10H11BrN2O4. The van der Waals surface area contributed by atoms with E-state index in [4.69, 9.17) is 0 Å². The van der Waals surface area contributed by atoms with Crippen LogP contribution in [0.4, 0.5) is 11.4 Å². The van der Waals surface area contributed by atoms with Crippen molar-refractivity contribution in [2.45, 2.75) is 18.2 Å². The van der Waals surface area contributed by atoms with E-state index in [1.165, 1.54) is 18.2 Å². The molecule has 17 heavy (non-hydrogen) atoms. The average molecular weight is 303 g/mol. The summed E-state index contributed by atoms with van der Waals surface area (Å²) < 4.78 is -0.886. The van der Waals surface area contributed by atoms with Gasteiger partial charge >= 0.3 is 0 Å². The van der Waals surface area contributed by atoms with Crippen LogP contribution in [-0.2, 0) is 4.79 Å². The number of phenolic OH excluding ortho intramolecular Hbond substituents is 1. The summed E-state index contributed by atoms with van der Waals surface area (Å²) in [7, 11) is 0. The number of carbonyl (C=O) groups is 1. The highest BCUT2D eigenvalue weighted by molar-refractivity contribution is 9.10. The van der Waals surface area contributed by atoms with Crippen LogP contribution in [0.3, 0.4) is 0 Å². The molecule has 7 heteroatoms. The highest BCUT2D eigenvalue weighted by Crippen LogP contribution is 2.34. The molecule has 1 amide bonds. The van der Waals surface area contributed by atoms with Gasteiger partial charge in [-0.15, -0.1) is 0 Å². The maximum atomic E-state index is 11.7. The van der Waals surface area contributed by atoms with Crippen molar-refractivity contribution in [3.05, 3.63) is 28.3 Å². The van der Waals surface area contributed by atoms with Crippen LogP contribution in [-0.4, -0.2) is 20.3 Å². The zero-order valence-electron chi connectivity index (χ0n) is 9.23. The van der Waals surface area contributed by atoms with E-state index in [9.17, 15) is 20.0 Å². The van der Waals surface area contributed by atoms with Crippen molar-refractivity contribution in [1.82, 2.24) is 0 Å². The number of nitrogens with zero attached hydrogens (tertiary/aromatic N) is 1. The Balaban J connectivity index is 3.14. The number of nitro benzene ring substituents is 1. The molecule has 0 saturated carbocycles. The molecule has 6 nitrogen and oxygen atoms in total. The molecule has 0 aliphatic heterocycles. The summed E-state index contributed by atoms with van der Waals surface area (Å²) in [6.45, 7) is 3.18. The molecule has 0 fully saturated rings. The minimum atomic E-state index is -0.886. The lowest BCUT2D eigenvalue weighted by Crippen LogP contribution is -2.31. The number of benzene rings is 1. The van der Waals surface area contributed by atoms with Gasteiger partial charge in [-0.05, 0) is 19.9 Å². The lowest BCUT2D eigenvalue weighted by atomic mass is 10.2. The Hall–Kier alpha value is -1.63. The summed E-state index contributed by atoms with van der Waals surface area (Å²) in [5.74, 6) is -0.827. The van der Waals surface area contributed by atoms with E-state index >= 15 is 0 Å². The standard InChI is InChI=1S/C10H11BrN2O4/c1-10(2,11)9(15)12-8-6(13(16)17)4-3-5-7(8)14/h3-5,14H,1-2H3,(H,12,15). The van der Waals surface area contributed by atoms with Crippen LogP contribution in [0.1, 0.15) is 13.8 Å². The molecule has 0 aromatic heterocycles. The zero-order valence-corrected chi connectivity index (χ0v) is 10.8. The first-order chi connectivity index (χ1) is 7.73. The van der Waals surface area contributed by atoms with Gasteiger partial charge in [0.25, 0.3) is 5.69 Å². The molecule has 0 atom stereocenters. The molecular weight excluding hydrogens is 292 g/mol. The van der Waals surface area contributed by atoms with Gasteiger partial charge in [0.1, 0.15) is 5.75 Å². The predicted molar refractivity (Wildman–Crippen MR) is 66.4 cm³/mol. The first kappa shape index (κ1) is 13.4. The zero-order chi connectivity index (χ0) is 13.2. The van der Waals surface area contributed by atoms with Gasteiger partial charge < -0.3 is 10.4 Å². The number of aromatic hydroxyl groups is 1. The summed E-state index contributed by atoms with van der Waals surface area (Å²) in [4.78, 5) is 21.7. The number of hydrogen-bond donors (Lipinski definition) is 2. The number of carbonyl (C=O) groups excluding carboxylic acids is 1. The molecule has 0 aliphatic rings. The number of anilines is 1. The Morgan fingerprint density at radius 3 is 2.59 bits per heavy atom. The molecule has 1 aromatic carbocycles. The van der Waals surface area contributed by atoms with Crippen molar-refractivity contribution in [1.29, 1.82) is 0 Å². The fourth-order valence-electron chi connectivity index (χ4n) is 1.07.